The zero-order valence-electron chi connectivity index (χ0n) is 23.6. The van der Waals surface area contributed by atoms with E-state index >= 15 is 0 Å². The number of fused-ring (bicyclic) bond motifs is 1. The van der Waals surface area contributed by atoms with Crippen LogP contribution in [0.3, 0.4) is 0 Å². The minimum atomic E-state index is -4.01. The standard InChI is InChI=1S/C30H36ClN3O6S/c1-20-16-34(21(2)19-35)30(36)26-6-5-7-27(32-41(37,38)25-14-10-23(31)11-15-25)29(26)40-28(20)18-33(3)17-22-8-12-24(39-4)13-9-22/h5-15,20-21,28,32,35H,16-19H2,1-4H3/t20-,21+,28-/m0/s1. The third-order valence-electron chi connectivity index (χ3n) is 7.16. The van der Waals surface area contributed by atoms with Crippen molar-refractivity contribution in [3.8, 4) is 11.5 Å². The van der Waals surface area contributed by atoms with Crippen molar-refractivity contribution in [1.82, 2.24) is 9.80 Å². The van der Waals surface area contributed by atoms with Gasteiger partial charge < -0.3 is 19.5 Å². The molecule has 11 heteroatoms. The van der Waals surface area contributed by atoms with E-state index in [0.717, 1.165) is 11.3 Å². The molecule has 3 aromatic carbocycles. The molecule has 0 fully saturated rings. The van der Waals surface area contributed by atoms with Gasteiger partial charge in [-0.1, -0.05) is 36.7 Å². The minimum absolute atomic E-state index is 0.0244. The topological polar surface area (TPSA) is 108 Å². The summed E-state index contributed by atoms with van der Waals surface area (Å²) in [7, 11) is -0.404. The maximum absolute atomic E-state index is 13.7. The average Bonchev–Trinajstić information content (AvgIpc) is 2.95. The highest BCUT2D eigenvalue weighted by Gasteiger charge is 2.35. The summed E-state index contributed by atoms with van der Waals surface area (Å²) in [6.45, 7) is 5.07. The number of halogens is 1. The molecule has 3 atom stereocenters. The molecular formula is C30H36ClN3O6S. The SMILES string of the molecule is COc1ccc(CN(C)C[C@@H]2Oc3c(NS(=O)(=O)c4ccc(Cl)cc4)cccc3C(=O)N([C@H](C)CO)C[C@@H]2C)cc1. The van der Waals surface area contributed by atoms with E-state index in [1.54, 1.807) is 37.1 Å². The number of nitrogens with zero attached hydrogens (tertiary/aromatic N) is 2. The van der Waals surface area contributed by atoms with E-state index < -0.39 is 22.2 Å². The first-order valence-corrected chi connectivity index (χ1v) is 15.2. The van der Waals surface area contributed by atoms with Gasteiger partial charge in [0.1, 0.15) is 11.9 Å². The molecule has 2 N–H and O–H groups in total. The number of sulfonamides is 1. The van der Waals surface area contributed by atoms with E-state index in [0.29, 0.717) is 24.7 Å². The number of aliphatic hydroxyl groups is 1. The molecule has 1 aliphatic heterocycles. The lowest BCUT2D eigenvalue weighted by Crippen LogP contribution is -2.49. The number of methoxy groups -OCH3 is 1. The van der Waals surface area contributed by atoms with E-state index in [2.05, 4.69) is 9.62 Å². The lowest BCUT2D eigenvalue weighted by Gasteiger charge is -2.38. The zero-order chi connectivity index (χ0) is 29.7. The molecule has 41 heavy (non-hydrogen) atoms. The Morgan fingerprint density at radius 2 is 1.83 bits per heavy atom. The summed E-state index contributed by atoms with van der Waals surface area (Å²) >= 11 is 5.95. The molecule has 1 aliphatic rings. The van der Waals surface area contributed by atoms with E-state index in [1.807, 2.05) is 38.2 Å². The number of ether oxygens (including phenoxy) is 2. The van der Waals surface area contributed by atoms with Crippen LogP contribution in [0, 0.1) is 5.92 Å². The van der Waals surface area contributed by atoms with Crippen molar-refractivity contribution in [2.45, 2.75) is 37.4 Å². The number of amides is 1. The number of carbonyl (C=O) groups is 1. The van der Waals surface area contributed by atoms with E-state index in [-0.39, 0.29) is 40.3 Å². The molecule has 0 aromatic heterocycles. The van der Waals surface area contributed by atoms with Crippen molar-refractivity contribution in [1.29, 1.82) is 0 Å². The highest BCUT2D eigenvalue weighted by atomic mass is 35.5. The first kappa shape index (κ1) is 30.6. The van der Waals surface area contributed by atoms with Gasteiger partial charge in [0, 0.05) is 30.6 Å². The van der Waals surface area contributed by atoms with Gasteiger partial charge in [-0.2, -0.15) is 0 Å². The molecule has 0 radical (unpaired) electrons. The second kappa shape index (κ2) is 13.1. The smallest absolute Gasteiger partial charge is 0.262 e. The molecule has 0 spiro atoms. The Kier molecular flexibility index (Phi) is 9.80. The molecule has 0 saturated carbocycles. The van der Waals surface area contributed by atoms with Crippen LogP contribution in [0.4, 0.5) is 5.69 Å². The van der Waals surface area contributed by atoms with E-state index in [1.165, 1.54) is 24.3 Å². The van der Waals surface area contributed by atoms with Gasteiger partial charge >= 0.3 is 0 Å². The fourth-order valence-corrected chi connectivity index (χ4v) is 5.96. The molecule has 9 nitrogen and oxygen atoms in total. The second-order valence-corrected chi connectivity index (χ2v) is 12.5. The molecular weight excluding hydrogens is 566 g/mol. The molecule has 3 aromatic rings. The number of anilines is 1. The largest absolute Gasteiger partial charge is 0.497 e. The molecule has 0 aliphatic carbocycles. The van der Waals surface area contributed by atoms with Crippen molar-refractivity contribution in [2.24, 2.45) is 5.92 Å². The molecule has 220 valence electrons. The van der Waals surface area contributed by atoms with Crippen LogP contribution in [-0.4, -0.2) is 75.2 Å². The quantitative estimate of drug-likeness (QED) is 0.352. The minimum Gasteiger partial charge on any atom is -0.497 e. The Morgan fingerprint density at radius 1 is 1.15 bits per heavy atom. The number of likely N-dealkylation sites (N-methyl/N-ethyl adjacent to an activating group) is 1. The van der Waals surface area contributed by atoms with Gasteiger partial charge in [0.2, 0.25) is 0 Å². The first-order valence-electron chi connectivity index (χ1n) is 13.3. The van der Waals surface area contributed by atoms with Gasteiger partial charge in [-0.15, -0.1) is 0 Å². The Bertz CT molecular complexity index is 1450. The maximum Gasteiger partial charge on any atom is 0.262 e. The third kappa shape index (κ3) is 7.32. The van der Waals surface area contributed by atoms with Crippen LogP contribution in [0.5, 0.6) is 11.5 Å². The van der Waals surface area contributed by atoms with Gasteiger partial charge in [-0.3, -0.25) is 14.4 Å². The lowest BCUT2D eigenvalue weighted by molar-refractivity contribution is 0.0344. The summed E-state index contributed by atoms with van der Waals surface area (Å²) in [6, 6.07) is 18.0. The number of para-hydroxylation sites is 1. The Hall–Kier alpha value is -3.31. The predicted octanol–water partition coefficient (Wildman–Crippen LogP) is 4.50. The van der Waals surface area contributed by atoms with Crippen molar-refractivity contribution in [2.75, 3.05) is 38.6 Å². The van der Waals surface area contributed by atoms with Crippen molar-refractivity contribution in [3.63, 3.8) is 0 Å². The van der Waals surface area contributed by atoms with Crippen LogP contribution in [0.2, 0.25) is 5.02 Å². The molecule has 0 bridgehead atoms. The van der Waals surface area contributed by atoms with Crippen LogP contribution < -0.4 is 14.2 Å². The van der Waals surface area contributed by atoms with Gasteiger partial charge in [0.15, 0.2) is 5.75 Å². The molecule has 1 amide bonds. The number of aliphatic hydroxyl groups excluding tert-OH is 1. The number of hydrogen-bond acceptors (Lipinski definition) is 7. The fourth-order valence-electron chi connectivity index (χ4n) is 4.77. The Balaban J connectivity index is 1.68. The lowest BCUT2D eigenvalue weighted by atomic mass is 9.99. The molecule has 0 unspecified atom stereocenters. The van der Waals surface area contributed by atoms with Crippen LogP contribution in [0.25, 0.3) is 0 Å². The van der Waals surface area contributed by atoms with Crippen LogP contribution in [0.1, 0.15) is 29.8 Å². The predicted molar refractivity (Wildman–Crippen MR) is 159 cm³/mol. The summed E-state index contributed by atoms with van der Waals surface area (Å²) in [4.78, 5) is 17.5. The molecule has 1 heterocycles. The fraction of sp³-hybridized carbons (Fsp3) is 0.367. The summed E-state index contributed by atoms with van der Waals surface area (Å²) < 4.78 is 40.9. The van der Waals surface area contributed by atoms with Gasteiger partial charge in [0.05, 0.1) is 35.9 Å². The van der Waals surface area contributed by atoms with Crippen molar-refractivity contribution >= 4 is 33.2 Å². The van der Waals surface area contributed by atoms with E-state index in [4.69, 9.17) is 21.1 Å². The molecule has 4 rings (SSSR count). The average molecular weight is 602 g/mol. The highest BCUT2D eigenvalue weighted by molar-refractivity contribution is 7.92. The third-order valence-corrected chi connectivity index (χ3v) is 8.80. The van der Waals surface area contributed by atoms with E-state index in [9.17, 15) is 18.3 Å². The zero-order valence-corrected chi connectivity index (χ0v) is 25.2. The van der Waals surface area contributed by atoms with Crippen molar-refractivity contribution < 1.29 is 27.8 Å². The molecule has 0 saturated heterocycles. The van der Waals surface area contributed by atoms with Gasteiger partial charge in [-0.05, 0) is 68.1 Å². The second-order valence-electron chi connectivity index (χ2n) is 10.4. The van der Waals surface area contributed by atoms with Crippen LogP contribution >= 0.6 is 11.6 Å². The maximum atomic E-state index is 13.7. The summed E-state index contributed by atoms with van der Waals surface area (Å²) in [5.41, 5.74) is 1.46. The number of rotatable bonds is 10. The Morgan fingerprint density at radius 3 is 2.46 bits per heavy atom. The normalized spacial score (nSPS) is 18.2. The van der Waals surface area contributed by atoms with Gasteiger partial charge in [-0.25, -0.2) is 8.42 Å². The van der Waals surface area contributed by atoms with Crippen LogP contribution in [0.15, 0.2) is 71.6 Å². The highest BCUT2D eigenvalue weighted by Crippen LogP contribution is 2.36. The Labute approximate surface area is 246 Å². The number of benzene rings is 3. The summed E-state index contributed by atoms with van der Waals surface area (Å²) in [5.74, 6) is 0.451. The first-order chi connectivity index (χ1) is 19.5. The number of hydrogen-bond donors (Lipinski definition) is 2. The number of nitrogens with one attached hydrogen (secondary N) is 1. The van der Waals surface area contributed by atoms with Crippen molar-refractivity contribution in [3.05, 3.63) is 82.9 Å². The summed E-state index contributed by atoms with van der Waals surface area (Å²) in [6.07, 6.45) is -0.403. The van der Waals surface area contributed by atoms with Gasteiger partial charge in [0.25, 0.3) is 15.9 Å². The number of carbonyl (C=O) groups excluding carboxylic acids is 1. The summed E-state index contributed by atoms with van der Waals surface area (Å²) in [5, 5.41) is 10.3. The monoisotopic (exact) mass is 601 g/mol. The van der Waals surface area contributed by atoms with Crippen LogP contribution in [-0.2, 0) is 16.6 Å².